The maximum atomic E-state index is 12.8. The number of carbonyl (C=O) groups excluding carboxylic acids is 1. The van der Waals surface area contributed by atoms with E-state index >= 15 is 0 Å². The van der Waals surface area contributed by atoms with Crippen molar-refractivity contribution in [3.8, 4) is 11.4 Å². The molecule has 0 bridgehead atoms. The quantitative estimate of drug-likeness (QED) is 0.586. The largest absolute Gasteiger partial charge is 0.495 e. The zero-order valence-electron chi connectivity index (χ0n) is 17.9. The Hall–Kier alpha value is -3.17. The van der Waals surface area contributed by atoms with Crippen LogP contribution in [0.1, 0.15) is 36.7 Å². The van der Waals surface area contributed by atoms with Crippen molar-refractivity contribution >= 4 is 15.9 Å². The van der Waals surface area contributed by atoms with E-state index in [1.165, 1.54) is 25.3 Å². The van der Waals surface area contributed by atoms with E-state index in [0.29, 0.717) is 6.54 Å². The first kappa shape index (κ1) is 22.5. The van der Waals surface area contributed by atoms with E-state index in [-0.39, 0.29) is 22.1 Å². The van der Waals surface area contributed by atoms with E-state index in [0.717, 1.165) is 11.3 Å². The average molecular weight is 443 g/mol. The third-order valence-corrected chi connectivity index (χ3v) is 6.09. The smallest absolute Gasteiger partial charge is 0.251 e. The summed E-state index contributed by atoms with van der Waals surface area (Å²) in [4.78, 5) is 12.6. The highest BCUT2D eigenvalue weighted by atomic mass is 32.2. The lowest BCUT2D eigenvalue weighted by Crippen LogP contribution is -2.40. The van der Waals surface area contributed by atoms with Gasteiger partial charge < -0.3 is 10.1 Å². The van der Waals surface area contributed by atoms with Gasteiger partial charge in [0.1, 0.15) is 10.6 Å². The van der Waals surface area contributed by atoms with Gasteiger partial charge in [0.25, 0.3) is 5.91 Å². The SMILES string of the molecule is COc1ccc(C(=O)NCc2ccc(-n3cccn3)cc2)cc1S(=O)(=O)NC(C)(C)C. The van der Waals surface area contributed by atoms with Gasteiger partial charge in [0.15, 0.2) is 0 Å². The van der Waals surface area contributed by atoms with Gasteiger partial charge in [-0.3, -0.25) is 4.79 Å². The van der Waals surface area contributed by atoms with E-state index in [9.17, 15) is 13.2 Å². The van der Waals surface area contributed by atoms with Crippen LogP contribution in [0.4, 0.5) is 0 Å². The summed E-state index contributed by atoms with van der Waals surface area (Å²) in [5.41, 5.74) is 1.37. The Morgan fingerprint density at radius 1 is 1.13 bits per heavy atom. The van der Waals surface area contributed by atoms with Crippen LogP contribution in [-0.4, -0.2) is 36.8 Å². The van der Waals surface area contributed by atoms with Crippen molar-refractivity contribution in [1.82, 2.24) is 19.8 Å². The van der Waals surface area contributed by atoms with Crippen LogP contribution in [0.25, 0.3) is 5.69 Å². The van der Waals surface area contributed by atoms with E-state index in [1.807, 2.05) is 36.5 Å². The minimum Gasteiger partial charge on any atom is -0.495 e. The molecule has 0 unspecified atom stereocenters. The van der Waals surface area contributed by atoms with Crippen molar-refractivity contribution in [1.29, 1.82) is 0 Å². The number of benzene rings is 2. The Morgan fingerprint density at radius 2 is 1.84 bits per heavy atom. The van der Waals surface area contributed by atoms with Crippen molar-refractivity contribution in [2.45, 2.75) is 37.8 Å². The molecule has 2 N–H and O–H groups in total. The van der Waals surface area contributed by atoms with Gasteiger partial charge in [-0.1, -0.05) is 12.1 Å². The number of ether oxygens (including phenoxy) is 1. The summed E-state index contributed by atoms with van der Waals surface area (Å²) in [5.74, 6) is -0.214. The number of nitrogens with one attached hydrogen (secondary N) is 2. The molecule has 1 amide bonds. The average Bonchev–Trinajstić information content (AvgIpc) is 3.25. The highest BCUT2D eigenvalue weighted by Gasteiger charge is 2.26. The minimum absolute atomic E-state index is 0.0823. The molecule has 3 aromatic rings. The van der Waals surface area contributed by atoms with Crippen LogP contribution in [0.15, 0.2) is 65.8 Å². The van der Waals surface area contributed by atoms with Gasteiger partial charge in [0, 0.05) is 30.0 Å². The Bertz CT molecular complexity index is 1150. The highest BCUT2D eigenvalue weighted by Crippen LogP contribution is 2.26. The molecule has 3 rings (SSSR count). The fourth-order valence-corrected chi connectivity index (χ4v) is 4.57. The lowest BCUT2D eigenvalue weighted by molar-refractivity contribution is 0.0950. The number of carbonyl (C=O) groups is 1. The predicted octanol–water partition coefficient (Wildman–Crippen LogP) is 2.89. The molecular formula is C22H26N4O4S. The maximum absolute atomic E-state index is 12.8. The zero-order valence-corrected chi connectivity index (χ0v) is 18.7. The summed E-state index contributed by atoms with van der Waals surface area (Å²) < 4.78 is 35.1. The molecule has 0 aliphatic carbocycles. The summed E-state index contributed by atoms with van der Waals surface area (Å²) in [7, 11) is -2.49. The van der Waals surface area contributed by atoms with Gasteiger partial charge in [0.05, 0.1) is 12.8 Å². The summed E-state index contributed by atoms with van der Waals surface area (Å²) >= 11 is 0. The van der Waals surface area contributed by atoms with E-state index in [4.69, 9.17) is 4.74 Å². The molecule has 0 saturated heterocycles. The van der Waals surface area contributed by atoms with Crippen molar-refractivity contribution in [2.24, 2.45) is 0 Å². The fraction of sp³-hybridized carbons (Fsp3) is 0.273. The number of rotatable bonds is 7. The molecule has 1 heterocycles. The Labute approximate surface area is 182 Å². The van der Waals surface area contributed by atoms with Gasteiger partial charge in [0.2, 0.25) is 10.0 Å². The van der Waals surface area contributed by atoms with Gasteiger partial charge >= 0.3 is 0 Å². The Morgan fingerprint density at radius 3 is 2.42 bits per heavy atom. The van der Waals surface area contributed by atoms with Crippen LogP contribution in [0.5, 0.6) is 5.75 Å². The van der Waals surface area contributed by atoms with Crippen LogP contribution in [0.2, 0.25) is 0 Å². The first-order valence-corrected chi connectivity index (χ1v) is 11.2. The van der Waals surface area contributed by atoms with Gasteiger partial charge in [-0.15, -0.1) is 0 Å². The molecule has 0 fully saturated rings. The molecule has 0 radical (unpaired) electrons. The van der Waals surface area contributed by atoms with Crippen LogP contribution < -0.4 is 14.8 Å². The summed E-state index contributed by atoms with van der Waals surface area (Å²) in [6.07, 6.45) is 3.55. The molecule has 0 atom stereocenters. The van der Waals surface area contributed by atoms with Crippen molar-refractivity contribution in [3.05, 3.63) is 72.1 Å². The molecule has 9 heteroatoms. The van der Waals surface area contributed by atoms with Crippen LogP contribution in [0.3, 0.4) is 0 Å². The summed E-state index contributed by atoms with van der Waals surface area (Å²) in [5, 5.41) is 6.99. The molecule has 0 aliphatic heterocycles. The Balaban J connectivity index is 1.74. The van der Waals surface area contributed by atoms with Crippen molar-refractivity contribution in [3.63, 3.8) is 0 Å². The monoisotopic (exact) mass is 442 g/mol. The topological polar surface area (TPSA) is 102 Å². The molecule has 31 heavy (non-hydrogen) atoms. The molecule has 164 valence electrons. The molecule has 0 spiro atoms. The van der Waals surface area contributed by atoms with Gasteiger partial charge in [-0.2, -0.15) is 5.10 Å². The van der Waals surface area contributed by atoms with E-state index in [2.05, 4.69) is 15.1 Å². The number of sulfonamides is 1. The third kappa shape index (κ3) is 5.71. The molecule has 1 aromatic heterocycles. The Kier molecular flexibility index (Phi) is 6.47. The molecule has 0 saturated carbocycles. The lowest BCUT2D eigenvalue weighted by Gasteiger charge is -2.21. The second-order valence-corrected chi connectivity index (χ2v) is 9.67. The minimum atomic E-state index is -3.87. The second-order valence-electron chi connectivity index (χ2n) is 8.02. The first-order valence-electron chi connectivity index (χ1n) is 9.68. The van der Waals surface area contributed by atoms with Crippen LogP contribution in [0, 0.1) is 0 Å². The normalized spacial score (nSPS) is 11.9. The van der Waals surface area contributed by atoms with E-state index < -0.39 is 15.6 Å². The zero-order chi connectivity index (χ0) is 22.6. The molecule has 2 aromatic carbocycles. The maximum Gasteiger partial charge on any atom is 0.251 e. The number of methoxy groups -OCH3 is 1. The second kappa shape index (κ2) is 8.91. The van der Waals surface area contributed by atoms with Crippen LogP contribution >= 0.6 is 0 Å². The van der Waals surface area contributed by atoms with Crippen molar-refractivity contribution in [2.75, 3.05) is 7.11 Å². The van der Waals surface area contributed by atoms with Gasteiger partial charge in [-0.05, 0) is 62.7 Å². The number of nitrogens with zero attached hydrogens (tertiary/aromatic N) is 2. The third-order valence-electron chi connectivity index (χ3n) is 4.31. The molecule has 8 nitrogen and oxygen atoms in total. The fourth-order valence-electron chi connectivity index (χ4n) is 2.96. The number of hydrogen-bond donors (Lipinski definition) is 2. The first-order chi connectivity index (χ1) is 14.6. The summed E-state index contributed by atoms with van der Waals surface area (Å²) in [6.45, 7) is 5.52. The lowest BCUT2D eigenvalue weighted by atomic mass is 10.1. The summed E-state index contributed by atoms with van der Waals surface area (Å²) in [6, 6.07) is 13.8. The van der Waals surface area contributed by atoms with Gasteiger partial charge in [-0.25, -0.2) is 17.8 Å². The highest BCUT2D eigenvalue weighted by molar-refractivity contribution is 7.89. The van der Waals surface area contributed by atoms with Crippen LogP contribution in [-0.2, 0) is 16.6 Å². The number of amides is 1. The number of hydrogen-bond acceptors (Lipinski definition) is 5. The standard InChI is InChI=1S/C22H26N4O4S/c1-22(2,3)25-31(28,29)20-14-17(8-11-19(20)30-4)21(27)23-15-16-6-9-18(10-7-16)26-13-5-12-24-26/h5-14,25H,15H2,1-4H3,(H,23,27). The van der Waals surface area contributed by atoms with E-state index in [1.54, 1.807) is 31.6 Å². The molecule has 0 aliphatic rings. The molecular weight excluding hydrogens is 416 g/mol. The predicted molar refractivity (Wildman–Crippen MR) is 118 cm³/mol. The number of aromatic nitrogens is 2. The van der Waals surface area contributed by atoms with Crippen molar-refractivity contribution < 1.29 is 17.9 Å².